The normalized spacial score (nSPS) is 10.1. The number of nitrogens with one attached hydrogen (secondary N) is 2. The molecule has 1 aromatic carbocycles. The standard InChI is InChI=1S/C15H16N2O4/c1-20-9-7-16-14(18)11-4-2-5-12(10-11)17-15(19)13-6-3-8-21-13/h2-6,8,10H,7,9H2,1H3,(H,16,18)(H,17,19). The molecule has 2 aromatic rings. The van der Waals surface area contributed by atoms with Crippen LogP contribution in [-0.4, -0.2) is 32.1 Å². The molecule has 110 valence electrons. The third kappa shape index (κ3) is 4.19. The molecule has 0 unspecified atom stereocenters. The van der Waals surface area contributed by atoms with Crippen molar-refractivity contribution in [1.29, 1.82) is 0 Å². The van der Waals surface area contributed by atoms with E-state index in [4.69, 9.17) is 9.15 Å². The van der Waals surface area contributed by atoms with Crippen LogP contribution < -0.4 is 10.6 Å². The molecule has 0 spiro atoms. The Hall–Kier alpha value is -2.60. The Labute approximate surface area is 122 Å². The number of hydrogen-bond acceptors (Lipinski definition) is 4. The van der Waals surface area contributed by atoms with E-state index in [1.165, 1.54) is 6.26 Å². The van der Waals surface area contributed by atoms with Crippen LogP contribution in [0.2, 0.25) is 0 Å². The molecule has 0 bridgehead atoms. The Morgan fingerprint density at radius 2 is 2.05 bits per heavy atom. The molecule has 2 amide bonds. The van der Waals surface area contributed by atoms with Crippen molar-refractivity contribution in [2.75, 3.05) is 25.6 Å². The van der Waals surface area contributed by atoms with E-state index in [0.717, 1.165) is 0 Å². The van der Waals surface area contributed by atoms with Gasteiger partial charge in [-0.2, -0.15) is 0 Å². The fourth-order valence-corrected chi connectivity index (χ4v) is 1.71. The van der Waals surface area contributed by atoms with Crippen molar-refractivity contribution < 1.29 is 18.7 Å². The Morgan fingerprint density at radius 3 is 2.76 bits per heavy atom. The highest BCUT2D eigenvalue weighted by atomic mass is 16.5. The van der Waals surface area contributed by atoms with Gasteiger partial charge in [0.2, 0.25) is 0 Å². The second kappa shape index (κ2) is 7.25. The van der Waals surface area contributed by atoms with Gasteiger partial charge in [0.1, 0.15) is 0 Å². The molecule has 2 N–H and O–H groups in total. The molecule has 6 heteroatoms. The van der Waals surface area contributed by atoms with E-state index in [-0.39, 0.29) is 17.6 Å². The fraction of sp³-hybridized carbons (Fsp3) is 0.200. The molecule has 21 heavy (non-hydrogen) atoms. The Morgan fingerprint density at radius 1 is 1.19 bits per heavy atom. The predicted octanol–water partition coefficient (Wildman–Crippen LogP) is 1.91. The van der Waals surface area contributed by atoms with E-state index in [9.17, 15) is 9.59 Å². The number of hydrogen-bond donors (Lipinski definition) is 2. The summed E-state index contributed by atoms with van der Waals surface area (Å²) in [7, 11) is 1.57. The van der Waals surface area contributed by atoms with E-state index in [0.29, 0.717) is 24.4 Å². The van der Waals surface area contributed by atoms with Gasteiger partial charge in [0.15, 0.2) is 5.76 Å². The predicted molar refractivity (Wildman–Crippen MR) is 77.3 cm³/mol. The maximum atomic E-state index is 11.9. The molecule has 0 saturated heterocycles. The van der Waals surface area contributed by atoms with Crippen molar-refractivity contribution in [1.82, 2.24) is 5.32 Å². The summed E-state index contributed by atoms with van der Waals surface area (Å²) in [5.41, 5.74) is 0.985. The van der Waals surface area contributed by atoms with Gasteiger partial charge in [0.25, 0.3) is 11.8 Å². The maximum Gasteiger partial charge on any atom is 0.291 e. The molecular formula is C15H16N2O4. The van der Waals surface area contributed by atoms with Gasteiger partial charge in [-0.3, -0.25) is 9.59 Å². The van der Waals surface area contributed by atoms with Crippen LogP contribution in [0, 0.1) is 0 Å². The van der Waals surface area contributed by atoms with Crippen molar-refractivity contribution in [2.24, 2.45) is 0 Å². The van der Waals surface area contributed by atoms with E-state index >= 15 is 0 Å². The summed E-state index contributed by atoms with van der Waals surface area (Å²) in [6.45, 7) is 0.874. The fourth-order valence-electron chi connectivity index (χ4n) is 1.71. The van der Waals surface area contributed by atoms with Crippen molar-refractivity contribution in [3.63, 3.8) is 0 Å². The molecule has 0 atom stereocenters. The van der Waals surface area contributed by atoms with Gasteiger partial charge in [0, 0.05) is 24.9 Å². The van der Waals surface area contributed by atoms with Crippen molar-refractivity contribution in [3.8, 4) is 0 Å². The van der Waals surface area contributed by atoms with Crippen LogP contribution in [0.3, 0.4) is 0 Å². The zero-order valence-corrected chi connectivity index (χ0v) is 11.6. The Balaban J connectivity index is 2.00. The molecule has 0 aliphatic rings. The number of carbonyl (C=O) groups excluding carboxylic acids is 2. The minimum Gasteiger partial charge on any atom is -0.459 e. The summed E-state index contributed by atoms with van der Waals surface area (Å²) < 4.78 is 9.87. The van der Waals surface area contributed by atoms with Gasteiger partial charge in [0.05, 0.1) is 12.9 Å². The lowest BCUT2D eigenvalue weighted by Crippen LogP contribution is -2.27. The second-order valence-corrected chi connectivity index (χ2v) is 4.26. The molecule has 0 aliphatic carbocycles. The maximum absolute atomic E-state index is 11.9. The molecule has 2 rings (SSSR count). The quantitative estimate of drug-likeness (QED) is 0.796. The molecular weight excluding hydrogens is 272 g/mol. The first-order valence-corrected chi connectivity index (χ1v) is 6.43. The lowest BCUT2D eigenvalue weighted by Gasteiger charge is -2.07. The molecule has 1 heterocycles. The van der Waals surface area contributed by atoms with Gasteiger partial charge in [-0.05, 0) is 30.3 Å². The second-order valence-electron chi connectivity index (χ2n) is 4.26. The van der Waals surface area contributed by atoms with E-state index < -0.39 is 0 Å². The van der Waals surface area contributed by atoms with Crippen LogP contribution in [0.1, 0.15) is 20.9 Å². The highest BCUT2D eigenvalue weighted by molar-refractivity contribution is 6.03. The smallest absolute Gasteiger partial charge is 0.291 e. The largest absolute Gasteiger partial charge is 0.459 e. The first-order valence-electron chi connectivity index (χ1n) is 6.43. The van der Waals surface area contributed by atoms with Crippen LogP contribution in [0.5, 0.6) is 0 Å². The number of methoxy groups -OCH3 is 1. The topological polar surface area (TPSA) is 80.6 Å². The van der Waals surface area contributed by atoms with Crippen LogP contribution in [0.15, 0.2) is 47.1 Å². The first-order chi connectivity index (χ1) is 10.2. The lowest BCUT2D eigenvalue weighted by atomic mass is 10.2. The van der Waals surface area contributed by atoms with Crippen molar-refractivity contribution in [3.05, 3.63) is 54.0 Å². The average Bonchev–Trinajstić information content (AvgIpc) is 3.02. The average molecular weight is 288 g/mol. The summed E-state index contributed by atoms with van der Waals surface area (Å²) in [5, 5.41) is 5.38. The van der Waals surface area contributed by atoms with Crippen molar-refractivity contribution >= 4 is 17.5 Å². The summed E-state index contributed by atoms with van der Waals surface area (Å²) >= 11 is 0. The third-order valence-electron chi connectivity index (χ3n) is 2.72. The molecule has 6 nitrogen and oxygen atoms in total. The number of anilines is 1. The van der Waals surface area contributed by atoms with Crippen molar-refractivity contribution in [2.45, 2.75) is 0 Å². The van der Waals surface area contributed by atoms with Crippen LogP contribution in [0.25, 0.3) is 0 Å². The minimum atomic E-state index is -0.364. The van der Waals surface area contributed by atoms with Gasteiger partial charge >= 0.3 is 0 Å². The molecule has 0 saturated carbocycles. The summed E-state index contributed by atoms with van der Waals surface area (Å²) in [5.74, 6) is -0.372. The van der Waals surface area contributed by atoms with E-state index in [1.807, 2.05) is 0 Å². The van der Waals surface area contributed by atoms with Gasteiger partial charge in [-0.1, -0.05) is 6.07 Å². The number of furan rings is 1. The van der Waals surface area contributed by atoms with Gasteiger partial charge in [-0.25, -0.2) is 0 Å². The number of amides is 2. The van der Waals surface area contributed by atoms with E-state index in [1.54, 1.807) is 43.5 Å². The first kappa shape index (κ1) is 14.8. The molecule has 1 aromatic heterocycles. The summed E-state index contributed by atoms with van der Waals surface area (Å²) in [6, 6.07) is 9.87. The Kier molecular flexibility index (Phi) is 5.11. The highest BCUT2D eigenvalue weighted by Gasteiger charge is 2.10. The number of rotatable bonds is 6. The number of benzene rings is 1. The van der Waals surface area contributed by atoms with Crippen LogP contribution in [-0.2, 0) is 4.74 Å². The van der Waals surface area contributed by atoms with Crippen LogP contribution in [0.4, 0.5) is 5.69 Å². The Bertz CT molecular complexity index is 608. The van der Waals surface area contributed by atoms with Gasteiger partial charge < -0.3 is 19.8 Å². The zero-order valence-electron chi connectivity index (χ0n) is 11.6. The lowest BCUT2D eigenvalue weighted by molar-refractivity contribution is 0.0935. The number of ether oxygens (including phenoxy) is 1. The summed E-state index contributed by atoms with van der Waals surface area (Å²) in [6.07, 6.45) is 1.43. The third-order valence-corrected chi connectivity index (χ3v) is 2.72. The molecule has 0 radical (unpaired) electrons. The monoisotopic (exact) mass is 288 g/mol. The van der Waals surface area contributed by atoms with Gasteiger partial charge in [-0.15, -0.1) is 0 Å². The minimum absolute atomic E-state index is 0.213. The van der Waals surface area contributed by atoms with E-state index in [2.05, 4.69) is 10.6 Å². The molecule has 0 aliphatic heterocycles. The molecule has 0 fully saturated rings. The highest BCUT2D eigenvalue weighted by Crippen LogP contribution is 2.12. The zero-order chi connectivity index (χ0) is 15.1. The van der Waals surface area contributed by atoms with Crippen LogP contribution >= 0.6 is 0 Å². The SMILES string of the molecule is COCCNC(=O)c1cccc(NC(=O)c2ccco2)c1. The summed E-state index contributed by atoms with van der Waals surface area (Å²) in [4.78, 5) is 23.7. The number of carbonyl (C=O) groups is 2.